The number of nitrogens with zero attached hydrogens (tertiary/aromatic N) is 3. The average molecular weight is 324 g/mol. The molecular formula is C18H20N4O2. The number of rotatable bonds is 1. The number of H-pyrrole nitrogens is 1. The van der Waals surface area contributed by atoms with E-state index in [9.17, 15) is 9.59 Å². The summed E-state index contributed by atoms with van der Waals surface area (Å²) in [5.41, 5.74) is 1.94. The highest BCUT2D eigenvalue weighted by Crippen LogP contribution is 2.17. The Morgan fingerprint density at radius 3 is 2.83 bits per heavy atom. The van der Waals surface area contributed by atoms with Gasteiger partial charge in [-0.25, -0.2) is 0 Å². The number of hydrogen-bond acceptors (Lipinski definition) is 3. The van der Waals surface area contributed by atoms with E-state index >= 15 is 0 Å². The second-order valence-electron chi connectivity index (χ2n) is 6.40. The first-order valence-corrected chi connectivity index (χ1v) is 8.24. The standard InChI is InChI=1S/C18H20N4O2/c1-20-7-4-8-21(10-9-20)18(24)13-11-16-19-17(23)14-5-2-3-6-15(14)22(16)12-13/h2-3,5-6,11-12H,4,7-10H2,1H3,(H,19,23). The lowest BCUT2D eigenvalue weighted by molar-refractivity contribution is 0.0763. The molecule has 0 atom stereocenters. The van der Waals surface area contributed by atoms with Gasteiger partial charge in [-0.05, 0) is 38.2 Å². The minimum Gasteiger partial charge on any atom is -0.337 e. The monoisotopic (exact) mass is 324 g/mol. The molecule has 2 aromatic heterocycles. The minimum atomic E-state index is -0.133. The Labute approximate surface area is 139 Å². The summed E-state index contributed by atoms with van der Waals surface area (Å²) in [7, 11) is 2.08. The summed E-state index contributed by atoms with van der Waals surface area (Å²) in [6.45, 7) is 3.41. The summed E-state index contributed by atoms with van der Waals surface area (Å²) in [5.74, 6) is 0.0268. The smallest absolute Gasteiger partial charge is 0.258 e. The molecule has 3 heterocycles. The summed E-state index contributed by atoms with van der Waals surface area (Å²) >= 11 is 0. The predicted molar refractivity (Wildman–Crippen MR) is 93.5 cm³/mol. The Balaban J connectivity index is 1.76. The maximum atomic E-state index is 12.9. The lowest BCUT2D eigenvalue weighted by Crippen LogP contribution is -2.34. The van der Waals surface area contributed by atoms with Crippen LogP contribution in [0.3, 0.4) is 0 Å². The molecule has 0 spiro atoms. The molecule has 1 aromatic carbocycles. The Morgan fingerprint density at radius 1 is 1.12 bits per heavy atom. The van der Waals surface area contributed by atoms with Crippen molar-refractivity contribution >= 4 is 22.5 Å². The number of carbonyl (C=O) groups excluding carboxylic acids is 1. The third-order valence-corrected chi connectivity index (χ3v) is 4.72. The number of aromatic amines is 1. The number of nitrogens with one attached hydrogen (secondary N) is 1. The normalized spacial score (nSPS) is 16.6. The Hall–Kier alpha value is -2.60. The quantitative estimate of drug-likeness (QED) is 0.739. The van der Waals surface area contributed by atoms with Crippen LogP contribution in [0.5, 0.6) is 0 Å². The van der Waals surface area contributed by atoms with Crippen LogP contribution >= 0.6 is 0 Å². The maximum absolute atomic E-state index is 12.9. The van der Waals surface area contributed by atoms with Crippen LogP contribution < -0.4 is 5.56 Å². The van der Waals surface area contributed by atoms with Gasteiger partial charge in [0, 0.05) is 25.8 Å². The van der Waals surface area contributed by atoms with Crippen molar-refractivity contribution in [3.8, 4) is 0 Å². The largest absolute Gasteiger partial charge is 0.337 e. The zero-order valence-corrected chi connectivity index (χ0v) is 13.7. The van der Waals surface area contributed by atoms with Gasteiger partial charge in [0.05, 0.1) is 16.5 Å². The summed E-state index contributed by atoms with van der Waals surface area (Å²) < 4.78 is 1.88. The zero-order valence-electron chi connectivity index (χ0n) is 13.7. The van der Waals surface area contributed by atoms with Crippen LogP contribution in [-0.4, -0.2) is 58.3 Å². The van der Waals surface area contributed by atoms with Crippen molar-refractivity contribution in [3.05, 3.63) is 52.4 Å². The topological polar surface area (TPSA) is 60.8 Å². The average Bonchev–Trinajstić information content (AvgIpc) is 2.89. The van der Waals surface area contributed by atoms with Gasteiger partial charge in [-0.1, -0.05) is 12.1 Å². The van der Waals surface area contributed by atoms with Gasteiger partial charge in [0.2, 0.25) is 0 Å². The van der Waals surface area contributed by atoms with Gasteiger partial charge in [0.15, 0.2) is 0 Å². The van der Waals surface area contributed by atoms with Crippen molar-refractivity contribution in [1.29, 1.82) is 0 Å². The molecular weight excluding hydrogens is 304 g/mol. The summed E-state index contributed by atoms with van der Waals surface area (Å²) in [6.07, 6.45) is 2.81. The van der Waals surface area contributed by atoms with Gasteiger partial charge in [-0.15, -0.1) is 0 Å². The van der Waals surface area contributed by atoms with E-state index in [0.717, 1.165) is 38.1 Å². The second kappa shape index (κ2) is 5.79. The van der Waals surface area contributed by atoms with Gasteiger partial charge < -0.3 is 19.2 Å². The highest BCUT2D eigenvalue weighted by molar-refractivity contribution is 5.96. The maximum Gasteiger partial charge on any atom is 0.258 e. The number of likely N-dealkylation sites (N-methyl/N-ethyl adjacent to an activating group) is 1. The van der Waals surface area contributed by atoms with E-state index in [2.05, 4.69) is 16.9 Å². The Kier molecular flexibility index (Phi) is 3.61. The predicted octanol–water partition coefficient (Wildman–Crippen LogP) is 1.56. The molecule has 6 heteroatoms. The SMILES string of the molecule is CN1CCCN(C(=O)c2cc3[nH]c(=O)c4ccccc4n3c2)CC1. The molecule has 3 aromatic rings. The molecule has 24 heavy (non-hydrogen) atoms. The van der Waals surface area contributed by atoms with Crippen LogP contribution in [0.25, 0.3) is 16.6 Å². The number of carbonyl (C=O) groups is 1. The van der Waals surface area contributed by atoms with Crippen molar-refractivity contribution < 1.29 is 4.79 Å². The molecule has 6 nitrogen and oxygen atoms in total. The van der Waals surface area contributed by atoms with E-state index in [1.165, 1.54) is 0 Å². The van der Waals surface area contributed by atoms with Crippen LogP contribution in [0, 0.1) is 0 Å². The lowest BCUT2D eigenvalue weighted by Gasteiger charge is -2.19. The summed E-state index contributed by atoms with van der Waals surface area (Å²) in [6, 6.07) is 9.19. The second-order valence-corrected chi connectivity index (χ2v) is 6.40. The van der Waals surface area contributed by atoms with Crippen LogP contribution in [0.1, 0.15) is 16.8 Å². The molecule has 1 saturated heterocycles. The van der Waals surface area contributed by atoms with E-state index in [1.54, 1.807) is 12.1 Å². The fourth-order valence-electron chi connectivity index (χ4n) is 3.37. The van der Waals surface area contributed by atoms with Crippen LogP contribution in [-0.2, 0) is 0 Å². The van der Waals surface area contributed by atoms with E-state index in [-0.39, 0.29) is 11.5 Å². The third-order valence-electron chi connectivity index (χ3n) is 4.72. The number of hydrogen-bond donors (Lipinski definition) is 1. The van der Waals surface area contributed by atoms with Crippen molar-refractivity contribution in [2.45, 2.75) is 6.42 Å². The molecule has 0 bridgehead atoms. The molecule has 124 valence electrons. The molecule has 0 aliphatic carbocycles. The van der Waals surface area contributed by atoms with Crippen molar-refractivity contribution in [1.82, 2.24) is 19.2 Å². The molecule has 1 N–H and O–H groups in total. The highest BCUT2D eigenvalue weighted by Gasteiger charge is 2.20. The summed E-state index contributed by atoms with van der Waals surface area (Å²) in [4.78, 5) is 32.0. The first-order chi connectivity index (χ1) is 11.6. The first kappa shape index (κ1) is 15.0. The number of amides is 1. The number of fused-ring (bicyclic) bond motifs is 3. The molecule has 1 amide bonds. The molecule has 0 radical (unpaired) electrons. The van der Waals surface area contributed by atoms with Crippen molar-refractivity contribution in [2.75, 3.05) is 33.2 Å². The molecule has 1 fully saturated rings. The first-order valence-electron chi connectivity index (χ1n) is 8.24. The highest BCUT2D eigenvalue weighted by atomic mass is 16.2. The minimum absolute atomic E-state index is 0.0268. The van der Waals surface area contributed by atoms with Gasteiger partial charge in [0.1, 0.15) is 5.65 Å². The van der Waals surface area contributed by atoms with Gasteiger partial charge in [0.25, 0.3) is 11.5 Å². The molecule has 1 aliphatic heterocycles. The van der Waals surface area contributed by atoms with E-state index < -0.39 is 0 Å². The molecule has 1 aliphatic rings. The van der Waals surface area contributed by atoms with E-state index in [4.69, 9.17) is 0 Å². The Bertz CT molecular complexity index is 972. The lowest BCUT2D eigenvalue weighted by atomic mass is 10.2. The Morgan fingerprint density at radius 2 is 1.96 bits per heavy atom. The van der Waals surface area contributed by atoms with Crippen LogP contribution in [0.4, 0.5) is 0 Å². The van der Waals surface area contributed by atoms with Crippen LogP contribution in [0.15, 0.2) is 41.3 Å². The van der Waals surface area contributed by atoms with Crippen LogP contribution in [0.2, 0.25) is 0 Å². The summed E-state index contributed by atoms with van der Waals surface area (Å²) in [5, 5.41) is 0.621. The zero-order chi connectivity index (χ0) is 16.7. The number of para-hydroxylation sites is 1. The third kappa shape index (κ3) is 2.49. The van der Waals surface area contributed by atoms with Gasteiger partial charge in [-0.3, -0.25) is 9.59 Å². The molecule has 0 unspecified atom stereocenters. The van der Waals surface area contributed by atoms with Crippen molar-refractivity contribution in [3.63, 3.8) is 0 Å². The molecule has 4 rings (SSSR count). The van der Waals surface area contributed by atoms with Crippen molar-refractivity contribution in [2.24, 2.45) is 0 Å². The van der Waals surface area contributed by atoms with E-state index in [1.807, 2.05) is 33.7 Å². The number of aromatic nitrogens is 2. The van der Waals surface area contributed by atoms with Gasteiger partial charge >= 0.3 is 0 Å². The fraction of sp³-hybridized carbons (Fsp3) is 0.333. The number of benzene rings is 1. The van der Waals surface area contributed by atoms with Gasteiger partial charge in [-0.2, -0.15) is 0 Å². The van der Waals surface area contributed by atoms with E-state index in [0.29, 0.717) is 16.6 Å². The fourth-order valence-corrected chi connectivity index (χ4v) is 3.37. The molecule has 0 saturated carbocycles.